The Bertz CT molecular complexity index is 482. The average molecular weight is 247 g/mol. The van der Waals surface area contributed by atoms with Crippen LogP contribution in [0.4, 0.5) is 0 Å². The smallest absolute Gasteiger partial charge is 0.251 e. The van der Waals surface area contributed by atoms with Crippen LogP contribution in [0.3, 0.4) is 0 Å². The van der Waals surface area contributed by atoms with Crippen molar-refractivity contribution in [1.82, 2.24) is 5.32 Å². The minimum atomic E-state index is -0.438. The number of nitrogens with one attached hydrogen (secondary N) is 1. The molecule has 1 aromatic carbocycles. The molecule has 1 unspecified atom stereocenters. The number of ether oxygens (including phenoxy) is 1. The van der Waals surface area contributed by atoms with E-state index in [-0.39, 0.29) is 11.7 Å². The third-order valence-electron chi connectivity index (χ3n) is 3.16. The maximum absolute atomic E-state index is 12.0. The molecule has 0 radical (unpaired) electrons. The summed E-state index contributed by atoms with van der Waals surface area (Å²) >= 11 is 0. The van der Waals surface area contributed by atoms with Crippen molar-refractivity contribution < 1.29 is 14.3 Å². The first-order chi connectivity index (χ1) is 8.61. The van der Waals surface area contributed by atoms with E-state index in [0.29, 0.717) is 25.2 Å². The zero-order valence-electron chi connectivity index (χ0n) is 10.7. The van der Waals surface area contributed by atoms with Gasteiger partial charge in [0.05, 0.1) is 19.3 Å². The number of hydrogen-bond acceptors (Lipinski definition) is 3. The van der Waals surface area contributed by atoms with Gasteiger partial charge in [-0.1, -0.05) is 13.0 Å². The zero-order chi connectivity index (χ0) is 13.1. The highest BCUT2D eigenvalue weighted by Gasteiger charge is 2.17. The minimum absolute atomic E-state index is 0.0350. The number of hydrogen-bond donors (Lipinski definition) is 1. The number of rotatable bonds is 4. The molecule has 1 aromatic rings. The second-order valence-electron chi connectivity index (χ2n) is 4.49. The first-order valence-electron chi connectivity index (χ1n) is 6.15. The van der Waals surface area contributed by atoms with Gasteiger partial charge in [-0.25, -0.2) is 0 Å². The van der Waals surface area contributed by atoms with Crippen molar-refractivity contribution >= 4 is 11.7 Å². The Hall–Kier alpha value is -1.68. The van der Waals surface area contributed by atoms with Crippen molar-refractivity contribution in [3.05, 3.63) is 34.9 Å². The first kappa shape index (κ1) is 12.8. The summed E-state index contributed by atoms with van der Waals surface area (Å²) in [6, 6.07) is 5.07. The molecule has 1 aliphatic rings. The summed E-state index contributed by atoms with van der Waals surface area (Å²) in [4.78, 5) is 23.4. The molecule has 0 saturated carbocycles. The lowest BCUT2D eigenvalue weighted by atomic mass is 10.1. The van der Waals surface area contributed by atoms with Crippen LogP contribution in [0.15, 0.2) is 18.2 Å². The summed E-state index contributed by atoms with van der Waals surface area (Å²) in [5, 5.41) is 2.71. The minimum Gasteiger partial charge on any atom is -0.372 e. The van der Waals surface area contributed by atoms with Gasteiger partial charge in [-0.15, -0.1) is 0 Å². The number of benzene rings is 1. The van der Waals surface area contributed by atoms with E-state index in [9.17, 15) is 9.59 Å². The molecule has 1 aliphatic heterocycles. The second kappa shape index (κ2) is 5.31. The third kappa shape index (κ3) is 2.59. The molecule has 96 valence electrons. The van der Waals surface area contributed by atoms with Crippen LogP contribution in [0.5, 0.6) is 0 Å². The van der Waals surface area contributed by atoms with E-state index in [1.165, 1.54) is 0 Å². The molecule has 18 heavy (non-hydrogen) atoms. The van der Waals surface area contributed by atoms with Crippen LogP contribution in [0, 0.1) is 0 Å². The molecule has 1 amide bonds. The van der Waals surface area contributed by atoms with Gasteiger partial charge in [-0.05, 0) is 30.2 Å². The number of Topliss-reactive ketones (excluding diaryl/α,β-unsaturated/α-hetero) is 1. The number of fused-ring (bicyclic) bond motifs is 1. The summed E-state index contributed by atoms with van der Waals surface area (Å²) in [5.74, 6) is -0.174. The zero-order valence-corrected chi connectivity index (χ0v) is 10.7. The molecule has 0 bridgehead atoms. The Kier molecular flexibility index (Phi) is 3.77. The van der Waals surface area contributed by atoms with Crippen LogP contribution in [-0.2, 0) is 22.7 Å². The molecule has 1 N–H and O–H groups in total. The van der Waals surface area contributed by atoms with Crippen molar-refractivity contribution in [2.75, 3.05) is 0 Å². The molecular weight excluding hydrogens is 230 g/mol. The molecule has 0 aromatic heterocycles. The quantitative estimate of drug-likeness (QED) is 0.882. The topological polar surface area (TPSA) is 55.4 Å². The van der Waals surface area contributed by atoms with Gasteiger partial charge in [-0.3, -0.25) is 9.59 Å². The van der Waals surface area contributed by atoms with Gasteiger partial charge >= 0.3 is 0 Å². The number of amides is 1. The summed E-state index contributed by atoms with van der Waals surface area (Å²) in [6.07, 6.45) is 0.430. The summed E-state index contributed by atoms with van der Waals surface area (Å²) in [5.41, 5.74) is 2.76. The Balaban J connectivity index is 2.07. The molecule has 1 atom stereocenters. The lowest BCUT2D eigenvalue weighted by molar-refractivity contribution is -0.120. The number of carbonyl (C=O) groups is 2. The van der Waals surface area contributed by atoms with E-state index in [4.69, 9.17) is 4.74 Å². The van der Waals surface area contributed by atoms with Crippen molar-refractivity contribution in [3.8, 4) is 0 Å². The fourth-order valence-electron chi connectivity index (χ4n) is 1.98. The highest BCUT2D eigenvalue weighted by molar-refractivity contribution is 5.97. The molecule has 1 heterocycles. The molecule has 0 fully saturated rings. The molecular formula is C14H17NO3. The summed E-state index contributed by atoms with van der Waals surface area (Å²) in [6.45, 7) is 4.67. The first-order valence-corrected chi connectivity index (χ1v) is 6.15. The van der Waals surface area contributed by atoms with Crippen molar-refractivity contribution in [3.63, 3.8) is 0 Å². The summed E-state index contributed by atoms with van der Waals surface area (Å²) < 4.78 is 5.30. The average Bonchev–Trinajstić information content (AvgIpc) is 2.84. The van der Waals surface area contributed by atoms with Crippen LogP contribution in [0.1, 0.15) is 41.8 Å². The lowest BCUT2D eigenvalue weighted by Gasteiger charge is -2.12. The number of carbonyl (C=O) groups excluding carboxylic acids is 2. The van der Waals surface area contributed by atoms with Crippen LogP contribution < -0.4 is 5.32 Å². The third-order valence-corrected chi connectivity index (χ3v) is 3.16. The maximum Gasteiger partial charge on any atom is 0.251 e. The number of ketones is 1. The largest absolute Gasteiger partial charge is 0.372 e. The van der Waals surface area contributed by atoms with Gasteiger partial charge in [0.2, 0.25) is 0 Å². The van der Waals surface area contributed by atoms with E-state index in [2.05, 4.69) is 5.32 Å². The normalized spacial score (nSPS) is 15.0. The Morgan fingerprint density at radius 1 is 1.33 bits per heavy atom. The predicted molar refractivity (Wildman–Crippen MR) is 67.2 cm³/mol. The fraction of sp³-hybridized carbons (Fsp3) is 0.429. The predicted octanol–water partition coefficient (Wildman–Crippen LogP) is 1.81. The highest BCUT2D eigenvalue weighted by Crippen LogP contribution is 2.20. The summed E-state index contributed by atoms with van der Waals surface area (Å²) in [7, 11) is 0. The van der Waals surface area contributed by atoms with Crippen molar-refractivity contribution in [2.45, 2.75) is 39.5 Å². The molecule has 4 nitrogen and oxygen atoms in total. The van der Waals surface area contributed by atoms with E-state index >= 15 is 0 Å². The molecule has 0 spiro atoms. The molecule has 4 heteroatoms. The second-order valence-corrected chi connectivity index (χ2v) is 4.49. The van der Waals surface area contributed by atoms with Gasteiger partial charge in [0.15, 0.2) is 5.78 Å². The monoisotopic (exact) mass is 247 g/mol. The lowest BCUT2D eigenvalue weighted by Crippen LogP contribution is -2.38. The van der Waals surface area contributed by atoms with Gasteiger partial charge in [-0.2, -0.15) is 0 Å². The van der Waals surface area contributed by atoms with Crippen LogP contribution in [-0.4, -0.2) is 17.7 Å². The van der Waals surface area contributed by atoms with Crippen LogP contribution in [0.2, 0.25) is 0 Å². The molecule has 0 saturated heterocycles. The van der Waals surface area contributed by atoms with Crippen molar-refractivity contribution in [1.29, 1.82) is 0 Å². The SMILES string of the molecule is CCC(=O)C(C)NC(=O)c1ccc2c(c1)COC2. The van der Waals surface area contributed by atoms with Crippen LogP contribution in [0.25, 0.3) is 0 Å². The Morgan fingerprint density at radius 3 is 2.78 bits per heavy atom. The van der Waals surface area contributed by atoms with Crippen molar-refractivity contribution in [2.24, 2.45) is 0 Å². The maximum atomic E-state index is 12.0. The van der Waals surface area contributed by atoms with Gasteiger partial charge in [0.1, 0.15) is 0 Å². The Morgan fingerprint density at radius 2 is 2.06 bits per heavy atom. The highest BCUT2D eigenvalue weighted by atomic mass is 16.5. The molecule has 0 aliphatic carbocycles. The standard InChI is InChI=1S/C14H17NO3/c1-3-13(16)9(2)15-14(17)10-4-5-11-7-18-8-12(11)6-10/h4-6,9H,3,7-8H2,1-2H3,(H,15,17). The van der Waals surface area contributed by atoms with Gasteiger partial charge < -0.3 is 10.1 Å². The van der Waals surface area contributed by atoms with Gasteiger partial charge in [0, 0.05) is 12.0 Å². The Labute approximate surface area is 106 Å². The van der Waals surface area contributed by atoms with Gasteiger partial charge in [0.25, 0.3) is 5.91 Å². The van der Waals surface area contributed by atoms with Crippen LogP contribution >= 0.6 is 0 Å². The fourth-order valence-corrected chi connectivity index (χ4v) is 1.98. The van der Waals surface area contributed by atoms with E-state index < -0.39 is 6.04 Å². The molecule has 2 rings (SSSR count). The van der Waals surface area contributed by atoms with E-state index in [1.807, 2.05) is 12.1 Å². The van der Waals surface area contributed by atoms with E-state index in [1.54, 1.807) is 19.9 Å². The van der Waals surface area contributed by atoms with E-state index in [0.717, 1.165) is 11.1 Å².